The van der Waals surface area contributed by atoms with Crippen molar-refractivity contribution in [3.05, 3.63) is 114 Å². The van der Waals surface area contributed by atoms with Crippen LogP contribution in [-0.4, -0.2) is 16.1 Å². The summed E-state index contributed by atoms with van der Waals surface area (Å²) in [6.07, 6.45) is 3.53. The molecule has 0 amide bonds. The van der Waals surface area contributed by atoms with Gasteiger partial charge in [-0.2, -0.15) is 0 Å². The average molecular weight is 329 g/mol. The molecule has 0 unspecified atom stereocenters. The molecule has 1 N–H and O–H groups in total. The number of carbonyl (C=O) groups is 1. The summed E-state index contributed by atoms with van der Waals surface area (Å²) in [5.41, 5.74) is 2.24. The van der Waals surface area contributed by atoms with Crippen LogP contribution in [-0.2, 0) is 10.2 Å². The molecule has 2 aromatic carbocycles. The standard InChI is InChI=1S/C22H19NO2/c1-17(21(24)25)16-22(18-10-4-2-5-11-18,19-12-6-3-7-13-19)20-14-8-9-15-23-20/h2-16H,1H3,(H,24,25)/b17-16+. The fourth-order valence-electron chi connectivity index (χ4n) is 3.09. The quantitative estimate of drug-likeness (QED) is 0.704. The van der Waals surface area contributed by atoms with Crippen molar-refractivity contribution in [2.75, 3.05) is 0 Å². The van der Waals surface area contributed by atoms with Crippen molar-refractivity contribution in [2.24, 2.45) is 0 Å². The third kappa shape index (κ3) is 3.22. The molecule has 124 valence electrons. The predicted octanol–water partition coefficient (Wildman–Crippen LogP) is 4.45. The summed E-state index contributed by atoms with van der Waals surface area (Å²) in [4.78, 5) is 16.2. The summed E-state index contributed by atoms with van der Waals surface area (Å²) >= 11 is 0. The molecule has 0 saturated heterocycles. The second-order valence-electron chi connectivity index (χ2n) is 5.89. The van der Waals surface area contributed by atoms with Gasteiger partial charge in [0.2, 0.25) is 0 Å². The van der Waals surface area contributed by atoms with E-state index in [0.717, 1.165) is 16.8 Å². The second kappa shape index (κ2) is 7.14. The molecular weight excluding hydrogens is 310 g/mol. The fourth-order valence-corrected chi connectivity index (χ4v) is 3.09. The molecule has 0 spiro atoms. The number of hydrogen-bond donors (Lipinski definition) is 1. The maximum atomic E-state index is 11.6. The lowest BCUT2D eigenvalue weighted by molar-refractivity contribution is -0.132. The van der Waals surface area contributed by atoms with E-state index in [1.807, 2.05) is 78.9 Å². The molecule has 0 aliphatic rings. The number of aromatic nitrogens is 1. The molecule has 0 aliphatic heterocycles. The Morgan fingerprint density at radius 2 is 1.40 bits per heavy atom. The van der Waals surface area contributed by atoms with Gasteiger partial charge >= 0.3 is 5.97 Å². The summed E-state index contributed by atoms with van der Waals surface area (Å²) in [6, 6.07) is 25.5. The molecule has 0 atom stereocenters. The highest BCUT2D eigenvalue weighted by molar-refractivity contribution is 5.86. The number of carboxylic acids is 1. The minimum Gasteiger partial charge on any atom is -0.478 e. The van der Waals surface area contributed by atoms with Gasteiger partial charge in [-0.15, -0.1) is 0 Å². The SMILES string of the molecule is C/C(=C\C(c1ccccc1)(c1ccccc1)c1ccccn1)C(=O)O. The van der Waals surface area contributed by atoms with Crippen LogP contribution in [0.2, 0.25) is 0 Å². The first-order chi connectivity index (χ1) is 12.1. The summed E-state index contributed by atoms with van der Waals surface area (Å²) in [5, 5.41) is 9.50. The van der Waals surface area contributed by atoms with Crippen molar-refractivity contribution < 1.29 is 9.90 Å². The highest BCUT2D eigenvalue weighted by Crippen LogP contribution is 2.40. The van der Waals surface area contributed by atoms with Crippen LogP contribution in [0.5, 0.6) is 0 Å². The Balaban J connectivity index is 2.40. The number of nitrogens with zero attached hydrogens (tertiary/aromatic N) is 1. The number of pyridine rings is 1. The number of benzene rings is 2. The molecule has 3 nitrogen and oxygen atoms in total. The van der Waals surface area contributed by atoms with Crippen molar-refractivity contribution in [2.45, 2.75) is 12.3 Å². The minimum absolute atomic E-state index is 0.276. The normalized spacial score (nSPS) is 12.0. The third-order valence-corrected chi connectivity index (χ3v) is 4.30. The van der Waals surface area contributed by atoms with Crippen molar-refractivity contribution in [3.63, 3.8) is 0 Å². The maximum Gasteiger partial charge on any atom is 0.330 e. The van der Waals surface area contributed by atoms with Crippen LogP contribution in [0.3, 0.4) is 0 Å². The van der Waals surface area contributed by atoms with Gasteiger partial charge in [0.15, 0.2) is 0 Å². The molecule has 0 bridgehead atoms. The van der Waals surface area contributed by atoms with Gasteiger partial charge in [-0.25, -0.2) is 4.79 Å². The van der Waals surface area contributed by atoms with Gasteiger partial charge in [0.25, 0.3) is 0 Å². The zero-order chi connectivity index (χ0) is 17.7. The Kier molecular flexibility index (Phi) is 4.75. The van der Waals surface area contributed by atoms with Crippen LogP contribution in [0, 0.1) is 0 Å². The number of hydrogen-bond acceptors (Lipinski definition) is 2. The van der Waals surface area contributed by atoms with E-state index in [4.69, 9.17) is 0 Å². The van der Waals surface area contributed by atoms with Crippen LogP contribution in [0.15, 0.2) is 96.7 Å². The smallest absolute Gasteiger partial charge is 0.330 e. The Bertz CT molecular complexity index is 775. The molecule has 3 rings (SSSR count). The summed E-state index contributed by atoms with van der Waals surface area (Å²) in [5.74, 6) is -0.938. The zero-order valence-corrected chi connectivity index (χ0v) is 14.0. The zero-order valence-electron chi connectivity index (χ0n) is 14.0. The maximum absolute atomic E-state index is 11.6. The van der Waals surface area contributed by atoms with Crippen LogP contribution >= 0.6 is 0 Å². The van der Waals surface area contributed by atoms with E-state index >= 15 is 0 Å². The van der Waals surface area contributed by atoms with Gasteiger partial charge in [0.05, 0.1) is 11.1 Å². The Morgan fingerprint density at radius 3 is 1.84 bits per heavy atom. The molecule has 0 radical (unpaired) electrons. The topological polar surface area (TPSA) is 50.2 Å². The van der Waals surface area contributed by atoms with Crippen molar-refractivity contribution in [1.29, 1.82) is 0 Å². The molecule has 0 aliphatic carbocycles. The number of allylic oxidation sites excluding steroid dienone is 1. The highest BCUT2D eigenvalue weighted by atomic mass is 16.4. The van der Waals surface area contributed by atoms with E-state index in [2.05, 4.69) is 4.98 Å². The molecule has 1 aromatic heterocycles. The monoisotopic (exact) mass is 329 g/mol. The minimum atomic E-state index is -0.938. The van der Waals surface area contributed by atoms with E-state index in [9.17, 15) is 9.90 Å². The Hall–Kier alpha value is -3.20. The lowest BCUT2D eigenvalue weighted by Crippen LogP contribution is -2.29. The van der Waals surface area contributed by atoms with E-state index in [1.165, 1.54) is 0 Å². The van der Waals surface area contributed by atoms with Crippen LogP contribution in [0.25, 0.3) is 0 Å². The van der Waals surface area contributed by atoms with Gasteiger partial charge in [0.1, 0.15) is 0 Å². The van der Waals surface area contributed by atoms with Crippen LogP contribution < -0.4 is 0 Å². The van der Waals surface area contributed by atoms with Crippen LogP contribution in [0.1, 0.15) is 23.7 Å². The molecule has 1 heterocycles. The Morgan fingerprint density at radius 1 is 0.880 bits per heavy atom. The van der Waals surface area contributed by atoms with Gasteiger partial charge in [-0.1, -0.05) is 72.8 Å². The second-order valence-corrected chi connectivity index (χ2v) is 5.89. The first-order valence-corrected chi connectivity index (χ1v) is 8.10. The average Bonchev–Trinajstić information content (AvgIpc) is 2.68. The highest BCUT2D eigenvalue weighted by Gasteiger charge is 2.36. The van der Waals surface area contributed by atoms with Gasteiger partial charge in [-0.05, 0) is 30.2 Å². The van der Waals surface area contributed by atoms with Crippen molar-refractivity contribution in [3.8, 4) is 0 Å². The lowest BCUT2D eigenvalue weighted by atomic mass is 9.70. The van der Waals surface area contributed by atoms with E-state index in [1.54, 1.807) is 19.2 Å². The Labute approximate surface area is 147 Å². The number of carboxylic acid groups (broad SMARTS) is 1. The molecule has 3 heteroatoms. The fraction of sp³-hybridized carbons (Fsp3) is 0.0909. The van der Waals surface area contributed by atoms with E-state index in [0.29, 0.717) is 0 Å². The first-order valence-electron chi connectivity index (χ1n) is 8.10. The predicted molar refractivity (Wildman–Crippen MR) is 98.4 cm³/mol. The van der Waals surface area contributed by atoms with Crippen LogP contribution in [0.4, 0.5) is 0 Å². The summed E-state index contributed by atoms with van der Waals surface area (Å²) in [7, 11) is 0. The first kappa shape index (κ1) is 16.7. The number of rotatable bonds is 5. The van der Waals surface area contributed by atoms with Crippen molar-refractivity contribution >= 4 is 5.97 Å². The van der Waals surface area contributed by atoms with Gasteiger partial charge < -0.3 is 5.11 Å². The largest absolute Gasteiger partial charge is 0.478 e. The number of aliphatic carboxylic acids is 1. The summed E-state index contributed by atoms with van der Waals surface area (Å²) < 4.78 is 0. The third-order valence-electron chi connectivity index (χ3n) is 4.30. The van der Waals surface area contributed by atoms with Crippen molar-refractivity contribution in [1.82, 2.24) is 4.98 Å². The molecule has 25 heavy (non-hydrogen) atoms. The van der Waals surface area contributed by atoms with E-state index in [-0.39, 0.29) is 5.57 Å². The lowest BCUT2D eigenvalue weighted by Gasteiger charge is -2.32. The molecule has 0 fully saturated rings. The van der Waals surface area contributed by atoms with Gasteiger partial charge in [0, 0.05) is 11.8 Å². The van der Waals surface area contributed by atoms with E-state index < -0.39 is 11.4 Å². The molecule has 3 aromatic rings. The molecular formula is C22H19NO2. The molecule has 0 saturated carbocycles. The summed E-state index contributed by atoms with van der Waals surface area (Å²) in [6.45, 7) is 1.62. The van der Waals surface area contributed by atoms with Gasteiger partial charge in [-0.3, -0.25) is 4.98 Å².